The first-order chi connectivity index (χ1) is 13.7. The van der Waals surface area contributed by atoms with Crippen LogP contribution in [0.2, 0.25) is 0 Å². The molecule has 3 aromatic rings. The number of anilines is 1. The fourth-order valence-corrected chi connectivity index (χ4v) is 4.81. The highest BCUT2D eigenvalue weighted by Crippen LogP contribution is 2.32. The summed E-state index contributed by atoms with van der Waals surface area (Å²) in [4.78, 5) is 12.9. The number of aromatic nitrogens is 2. The zero-order chi connectivity index (χ0) is 19.3. The summed E-state index contributed by atoms with van der Waals surface area (Å²) in [6, 6.07) is 20.4. The van der Waals surface area contributed by atoms with Crippen LogP contribution in [-0.2, 0) is 4.79 Å². The summed E-state index contributed by atoms with van der Waals surface area (Å²) in [5.74, 6) is -0.0189. The quantitative estimate of drug-likeness (QED) is 0.535. The van der Waals surface area contributed by atoms with E-state index in [4.69, 9.17) is 0 Å². The summed E-state index contributed by atoms with van der Waals surface area (Å²) >= 11 is 2.95. The van der Waals surface area contributed by atoms with Crippen molar-refractivity contribution < 1.29 is 4.79 Å². The van der Waals surface area contributed by atoms with Crippen LogP contribution < -0.4 is 10.6 Å². The van der Waals surface area contributed by atoms with E-state index in [0.717, 1.165) is 20.6 Å². The fourth-order valence-electron chi connectivity index (χ4n) is 2.83. The van der Waals surface area contributed by atoms with Gasteiger partial charge in [0, 0.05) is 6.04 Å². The molecule has 0 spiro atoms. The first kappa shape index (κ1) is 19.0. The van der Waals surface area contributed by atoms with Crippen molar-refractivity contribution in [2.24, 2.45) is 0 Å². The van der Waals surface area contributed by atoms with Gasteiger partial charge in [-0.2, -0.15) is 0 Å². The zero-order valence-electron chi connectivity index (χ0n) is 15.5. The summed E-state index contributed by atoms with van der Waals surface area (Å²) in [5.41, 5.74) is 2.12. The van der Waals surface area contributed by atoms with Crippen molar-refractivity contribution in [2.75, 3.05) is 5.32 Å². The van der Waals surface area contributed by atoms with Crippen molar-refractivity contribution in [3.05, 3.63) is 71.8 Å². The molecule has 1 amide bonds. The molecule has 1 fully saturated rings. The highest BCUT2D eigenvalue weighted by molar-refractivity contribution is 8.02. The predicted molar refractivity (Wildman–Crippen MR) is 115 cm³/mol. The van der Waals surface area contributed by atoms with Crippen LogP contribution in [0.4, 0.5) is 5.13 Å². The van der Waals surface area contributed by atoms with E-state index in [0.29, 0.717) is 6.04 Å². The van der Waals surface area contributed by atoms with E-state index >= 15 is 0 Å². The van der Waals surface area contributed by atoms with Gasteiger partial charge in [0.2, 0.25) is 11.0 Å². The fraction of sp³-hybridized carbons (Fsp3) is 0.286. The Balaban J connectivity index is 1.43. The number of benzene rings is 2. The molecule has 2 N–H and O–H groups in total. The van der Waals surface area contributed by atoms with Crippen LogP contribution in [0.1, 0.15) is 36.9 Å². The molecular weight excluding hydrogens is 388 g/mol. The monoisotopic (exact) mass is 410 g/mol. The van der Waals surface area contributed by atoms with Gasteiger partial charge < -0.3 is 10.6 Å². The Labute approximate surface area is 173 Å². The predicted octanol–water partition coefficient (Wildman–Crippen LogP) is 4.50. The third-order valence-corrected chi connectivity index (χ3v) is 6.55. The largest absolute Gasteiger partial charge is 0.357 e. The molecule has 1 saturated carbocycles. The molecule has 1 atom stereocenters. The van der Waals surface area contributed by atoms with Crippen molar-refractivity contribution in [1.29, 1.82) is 0 Å². The average molecular weight is 411 g/mol. The first-order valence-electron chi connectivity index (χ1n) is 9.36. The van der Waals surface area contributed by atoms with E-state index in [9.17, 15) is 4.79 Å². The van der Waals surface area contributed by atoms with Crippen LogP contribution in [0.3, 0.4) is 0 Å². The minimum absolute atomic E-state index is 0.0189. The van der Waals surface area contributed by atoms with E-state index in [1.165, 1.54) is 35.9 Å². The van der Waals surface area contributed by atoms with Crippen molar-refractivity contribution in [3.8, 4) is 0 Å². The lowest BCUT2D eigenvalue weighted by molar-refractivity contribution is -0.120. The van der Waals surface area contributed by atoms with Crippen LogP contribution in [0.25, 0.3) is 0 Å². The van der Waals surface area contributed by atoms with Crippen molar-refractivity contribution in [3.63, 3.8) is 0 Å². The van der Waals surface area contributed by atoms with Crippen LogP contribution >= 0.6 is 23.1 Å². The minimum atomic E-state index is -0.267. The molecule has 1 aliphatic carbocycles. The molecule has 0 saturated heterocycles. The van der Waals surface area contributed by atoms with Gasteiger partial charge in [-0.05, 0) is 30.9 Å². The van der Waals surface area contributed by atoms with Gasteiger partial charge in [-0.15, -0.1) is 10.2 Å². The average Bonchev–Trinajstić information content (AvgIpc) is 3.44. The van der Waals surface area contributed by atoms with Gasteiger partial charge in [0.25, 0.3) is 0 Å². The van der Waals surface area contributed by atoms with Gasteiger partial charge in [0.1, 0.15) is 0 Å². The zero-order valence-corrected chi connectivity index (χ0v) is 17.2. The molecule has 5 nitrogen and oxygen atoms in total. The Morgan fingerprint density at radius 1 is 1.04 bits per heavy atom. The maximum absolute atomic E-state index is 12.9. The molecule has 1 aliphatic rings. The smallest absolute Gasteiger partial charge is 0.234 e. The highest BCUT2D eigenvalue weighted by atomic mass is 32.2. The molecule has 0 bridgehead atoms. The van der Waals surface area contributed by atoms with Gasteiger partial charge in [0.05, 0.1) is 11.3 Å². The standard InChI is InChI=1S/C21H22N4OS2/c1-14(27-21-25-24-20(28-21)22-17-12-13-17)19(26)23-18(15-8-4-2-5-9-15)16-10-6-3-7-11-16/h2-11,14,17-18H,12-13H2,1H3,(H,22,24)(H,23,26). The number of amides is 1. The topological polar surface area (TPSA) is 66.9 Å². The van der Waals surface area contributed by atoms with E-state index in [-0.39, 0.29) is 17.2 Å². The molecule has 1 heterocycles. The number of carbonyl (C=O) groups excluding carboxylic acids is 1. The van der Waals surface area contributed by atoms with Gasteiger partial charge in [-0.1, -0.05) is 83.8 Å². The van der Waals surface area contributed by atoms with E-state index in [1.54, 1.807) is 0 Å². The highest BCUT2D eigenvalue weighted by Gasteiger charge is 2.24. The van der Waals surface area contributed by atoms with E-state index in [1.807, 2.05) is 67.6 Å². The summed E-state index contributed by atoms with van der Waals surface area (Å²) in [5, 5.41) is 15.5. The Morgan fingerprint density at radius 2 is 1.64 bits per heavy atom. The lowest BCUT2D eigenvalue weighted by Gasteiger charge is -2.21. The number of carbonyl (C=O) groups is 1. The number of rotatable bonds is 8. The van der Waals surface area contributed by atoms with Gasteiger partial charge in [-0.25, -0.2) is 0 Å². The summed E-state index contributed by atoms with van der Waals surface area (Å²) in [6.45, 7) is 1.91. The molecule has 0 radical (unpaired) electrons. The molecule has 7 heteroatoms. The lowest BCUT2D eigenvalue weighted by Crippen LogP contribution is -2.34. The second-order valence-electron chi connectivity index (χ2n) is 6.81. The molecule has 1 aromatic heterocycles. The van der Waals surface area contributed by atoms with Crippen LogP contribution in [0.5, 0.6) is 0 Å². The maximum atomic E-state index is 12.9. The normalized spacial score (nSPS) is 14.6. The van der Waals surface area contributed by atoms with Gasteiger partial charge in [-0.3, -0.25) is 4.79 Å². The van der Waals surface area contributed by atoms with Crippen LogP contribution in [0.15, 0.2) is 65.0 Å². The number of nitrogens with zero attached hydrogens (tertiary/aromatic N) is 2. The number of hydrogen-bond donors (Lipinski definition) is 2. The second kappa shape index (κ2) is 8.75. The van der Waals surface area contributed by atoms with Gasteiger partial charge >= 0.3 is 0 Å². The molecular formula is C21H22N4OS2. The lowest BCUT2D eigenvalue weighted by atomic mass is 9.98. The van der Waals surface area contributed by atoms with Crippen LogP contribution in [-0.4, -0.2) is 27.4 Å². The molecule has 0 aliphatic heterocycles. The molecule has 4 rings (SSSR count). The summed E-state index contributed by atoms with van der Waals surface area (Å²) < 4.78 is 0.807. The first-order valence-corrected chi connectivity index (χ1v) is 11.1. The van der Waals surface area contributed by atoms with E-state index in [2.05, 4.69) is 20.8 Å². The Bertz CT molecular complexity index is 873. The third kappa shape index (κ3) is 4.91. The van der Waals surface area contributed by atoms with Crippen molar-refractivity contribution >= 4 is 34.1 Å². The van der Waals surface area contributed by atoms with Gasteiger partial charge in [0.15, 0.2) is 4.34 Å². The minimum Gasteiger partial charge on any atom is -0.357 e. The Morgan fingerprint density at radius 3 is 2.21 bits per heavy atom. The second-order valence-corrected chi connectivity index (χ2v) is 9.38. The summed E-state index contributed by atoms with van der Waals surface area (Å²) in [6.07, 6.45) is 2.39. The Kier molecular flexibility index (Phi) is 5.92. The van der Waals surface area contributed by atoms with Crippen molar-refractivity contribution in [1.82, 2.24) is 15.5 Å². The van der Waals surface area contributed by atoms with Crippen molar-refractivity contribution in [2.45, 2.75) is 41.4 Å². The van der Waals surface area contributed by atoms with E-state index < -0.39 is 0 Å². The molecule has 1 unspecified atom stereocenters. The Hall–Kier alpha value is -2.38. The van der Waals surface area contributed by atoms with Crippen LogP contribution in [0, 0.1) is 0 Å². The molecule has 28 heavy (non-hydrogen) atoms. The molecule has 144 valence electrons. The molecule has 2 aromatic carbocycles. The summed E-state index contributed by atoms with van der Waals surface area (Å²) in [7, 11) is 0. The third-order valence-electron chi connectivity index (χ3n) is 4.51. The maximum Gasteiger partial charge on any atom is 0.234 e. The number of thioether (sulfide) groups is 1. The SMILES string of the molecule is CC(Sc1nnc(NC2CC2)s1)C(=O)NC(c1ccccc1)c1ccccc1. The number of nitrogens with one attached hydrogen (secondary N) is 2. The number of hydrogen-bond acceptors (Lipinski definition) is 6.